The zero-order valence-electron chi connectivity index (χ0n) is 29.9. The molecular weight excluding hydrogens is 685 g/mol. The summed E-state index contributed by atoms with van der Waals surface area (Å²) in [5.41, 5.74) is 11.6. The van der Waals surface area contributed by atoms with Crippen LogP contribution in [0.4, 0.5) is 17.1 Å². The van der Waals surface area contributed by atoms with Crippen molar-refractivity contribution in [3.8, 4) is 27.9 Å². The Morgan fingerprint density at radius 3 is 1.80 bits per heavy atom. The summed E-state index contributed by atoms with van der Waals surface area (Å²) < 4.78 is 5.04. The van der Waals surface area contributed by atoms with E-state index in [1.165, 1.54) is 69.4 Å². The third-order valence-electron chi connectivity index (χ3n) is 11.0. The van der Waals surface area contributed by atoms with Gasteiger partial charge in [0.05, 0.1) is 22.4 Å². The molecule has 0 N–H and O–H groups in total. The van der Waals surface area contributed by atoms with Gasteiger partial charge in [0.1, 0.15) is 0 Å². The smallest absolute Gasteiger partial charge is 0.0541 e. The Kier molecular flexibility index (Phi) is 7.39. The molecule has 0 unspecified atom stereocenters. The molecule has 3 heteroatoms. The van der Waals surface area contributed by atoms with Crippen molar-refractivity contribution in [2.24, 2.45) is 0 Å². The lowest BCUT2D eigenvalue weighted by Crippen LogP contribution is -2.11. The molecule has 2 aromatic heterocycles. The first kappa shape index (κ1) is 31.6. The van der Waals surface area contributed by atoms with Gasteiger partial charge >= 0.3 is 0 Å². The van der Waals surface area contributed by atoms with Gasteiger partial charge in [0.25, 0.3) is 0 Å². The molecule has 0 radical (unpaired) electrons. The van der Waals surface area contributed by atoms with Crippen molar-refractivity contribution in [1.82, 2.24) is 4.57 Å². The molecule has 0 aliphatic heterocycles. The highest BCUT2D eigenvalue weighted by Crippen LogP contribution is 2.47. The lowest BCUT2D eigenvalue weighted by Gasteiger charge is -2.29. The van der Waals surface area contributed by atoms with E-state index in [2.05, 4.69) is 216 Å². The van der Waals surface area contributed by atoms with Crippen LogP contribution in [-0.2, 0) is 0 Å². The van der Waals surface area contributed by atoms with Crippen LogP contribution >= 0.6 is 11.3 Å². The minimum atomic E-state index is 1.11. The number of para-hydroxylation sites is 4. The predicted molar refractivity (Wildman–Crippen MR) is 237 cm³/mol. The number of aromatic nitrogens is 1. The zero-order chi connectivity index (χ0) is 36.3. The van der Waals surface area contributed by atoms with Crippen LogP contribution in [0.3, 0.4) is 0 Å². The molecule has 55 heavy (non-hydrogen) atoms. The van der Waals surface area contributed by atoms with Gasteiger partial charge in [-0.2, -0.15) is 0 Å². The Morgan fingerprint density at radius 1 is 0.364 bits per heavy atom. The number of nitrogens with zero attached hydrogens (tertiary/aromatic N) is 2. The molecule has 11 rings (SSSR count). The molecule has 0 fully saturated rings. The summed E-state index contributed by atoms with van der Waals surface area (Å²) in [6, 6.07) is 75.3. The highest BCUT2D eigenvalue weighted by Gasteiger charge is 2.22. The molecule has 0 aliphatic carbocycles. The number of benzene rings is 9. The normalized spacial score (nSPS) is 11.6. The van der Waals surface area contributed by atoms with E-state index < -0.39 is 0 Å². The summed E-state index contributed by atoms with van der Waals surface area (Å²) in [7, 11) is 0. The zero-order valence-corrected chi connectivity index (χ0v) is 30.7. The average Bonchev–Trinajstić information content (AvgIpc) is 3.80. The molecule has 0 saturated heterocycles. The summed E-state index contributed by atoms with van der Waals surface area (Å²) >= 11 is 1.86. The maximum atomic E-state index is 2.44. The van der Waals surface area contributed by atoms with Gasteiger partial charge in [-0.25, -0.2) is 0 Å². The van der Waals surface area contributed by atoms with Crippen LogP contribution in [0, 0.1) is 0 Å². The number of thiophene rings is 1. The van der Waals surface area contributed by atoms with Gasteiger partial charge in [-0.1, -0.05) is 140 Å². The van der Waals surface area contributed by atoms with Gasteiger partial charge in [0, 0.05) is 53.4 Å². The van der Waals surface area contributed by atoms with Crippen LogP contribution in [0.1, 0.15) is 0 Å². The molecule has 11 aromatic rings. The number of fused-ring (bicyclic) bond motifs is 7. The van der Waals surface area contributed by atoms with Crippen molar-refractivity contribution in [2.45, 2.75) is 0 Å². The van der Waals surface area contributed by atoms with E-state index in [0.29, 0.717) is 0 Å². The summed E-state index contributed by atoms with van der Waals surface area (Å²) in [5, 5.41) is 7.54. The van der Waals surface area contributed by atoms with Crippen molar-refractivity contribution < 1.29 is 0 Å². The van der Waals surface area contributed by atoms with E-state index in [-0.39, 0.29) is 0 Å². The molecule has 9 aromatic carbocycles. The number of rotatable bonds is 6. The van der Waals surface area contributed by atoms with Gasteiger partial charge in [-0.05, 0) is 88.6 Å². The van der Waals surface area contributed by atoms with Gasteiger partial charge in [0.15, 0.2) is 0 Å². The Hall–Kier alpha value is -6.94. The molecule has 258 valence electrons. The Bertz CT molecular complexity index is 3170. The lowest BCUT2D eigenvalue weighted by atomic mass is 9.92. The third-order valence-corrected chi connectivity index (χ3v) is 12.1. The maximum absolute atomic E-state index is 2.44. The third kappa shape index (κ3) is 5.16. The van der Waals surface area contributed by atoms with E-state index in [1.807, 2.05) is 11.3 Å². The van der Waals surface area contributed by atoms with Crippen LogP contribution in [0.2, 0.25) is 0 Å². The van der Waals surface area contributed by atoms with E-state index in [1.54, 1.807) is 0 Å². The Labute approximate surface area is 323 Å². The molecule has 0 aliphatic rings. The van der Waals surface area contributed by atoms with E-state index in [0.717, 1.165) is 28.3 Å². The van der Waals surface area contributed by atoms with Gasteiger partial charge < -0.3 is 9.47 Å². The average molecular weight is 719 g/mol. The topological polar surface area (TPSA) is 8.17 Å². The molecule has 0 saturated carbocycles. The largest absolute Gasteiger partial charge is 0.310 e. The quantitative estimate of drug-likeness (QED) is 0.166. The van der Waals surface area contributed by atoms with E-state index >= 15 is 0 Å². The second kappa shape index (κ2) is 12.9. The lowest BCUT2D eigenvalue weighted by molar-refractivity contribution is 1.18. The summed E-state index contributed by atoms with van der Waals surface area (Å²) in [6.07, 6.45) is 0. The van der Waals surface area contributed by atoms with E-state index in [9.17, 15) is 0 Å². The van der Waals surface area contributed by atoms with Gasteiger partial charge in [-0.3, -0.25) is 0 Å². The summed E-state index contributed by atoms with van der Waals surface area (Å²) in [4.78, 5) is 2.44. The van der Waals surface area contributed by atoms with Crippen molar-refractivity contribution in [3.63, 3.8) is 0 Å². The fourth-order valence-electron chi connectivity index (χ4n) is 8.53. The fraction of sp³-hybridized carbons (Fsp3) is 0. The fourth-order valence-corrected chi connectivity index (χ4v) is 9.61. The van der Waals surface area contributed by atoms with Crippen molar-refractivity contribution in [2.75, 3.05) is 4.90 Å². The van der Waals surface area contributed by atoms with Crippen molar-refractivity contribution in [3.05, 3.63) is 206 Å². The number of hydrogen-bond donors (Lipinski definition) is 0. The molecule has 0 amide bonds. The van der Waals surface area contributed by atoms with Gasteiger partial charge in [-0.15, -0.1) is 11.3 Å². The molecule has 2 nitrogen and oxygen atoms in total. The first-order valence-corrected chi connectivity index (χ1v) is 19.6. The minimum absolute atomic E-state index is 1.11. The maximum Gasteiger partial charge on any atom is 0.0541 e. The van der Waals surface area contributed by atoms with Crippen LogP contribution in [0.15, 0.2) is 206 Å². The number of anilines is 3. The Morgan fingerprint density at radius 2 is 0.982 bits per heavy atom. The molecule has 0 atom stereocenters. The van der Waals surface area contributed by atoms with Crippen LogP contribution < -0.4 is 4.90 Å². The van der Waals surface area contributed by atoms with E-state index in [4.69, 9.17) is 0 Å². The standard InChI is InChI=1S/C52H34N2S/c1-2-17-37(18-3-1)53(38-30-32-52-46(34-38)44-23-9-13-28-51(44)55-52)50-31-29-36(33-45(50)41-24-14-16-35-15-4-5-19-39(35)41)40-20-6-10-25-47(40)54-48-26-11-7-21-42(48)43-22-8-12-27-49(43)54/h1-34H. The summed E-state index contributed by atoms with van der Waals surface area (Å²) in [6.45, 7) is 0. The molecule has 0 spiro atoms. The molecular formula is C52H34N2S. The van der Waals surface area contributed by atoms with Crippen LogP contribution in [-0.4, -0.2) is 4.57 Å². The molecule has 0 bridgehead atoms. The first-order chi connectivity index (χ1) is 27.3. The molecule has 2 heterocycles. The second-order valence-corrected chi connectivity index (χ2v) is 15.2. The number of hydrogen-bond acceptors (Lipinski definition) is 2. The minimum Gasteiger partial charge on any atom is -0.310 e. The monoisotopic (exact) mass is 718 g/mol. The SMILES string of the molecule is c1ccc(N(c2ccc3sc4ccccc4c3c2)c2ccc(-c3ccccc3-n3c4ccccc4c4ccccc43)cc2-c2cccc3ccccc23)cc1. The predicted octanol–water partition coefficient (Wildman–Crippen LogP) is 15.1. The van der Waals surface area contributed by atoms with Gasteiger partial charge in [0.2, 0.25) is 0 Å². The van der Waals surface area contributed by atoms with Crippen LogP contribution in [0.5, 0.6) is 0 Å². The van der Waals surface area contributed by atoms with Crippen molar-refractivity contribution in [1.29, 1.82) is 0 Å². The second-order valence-electron chi connectivity index (χ2n) is 14.1. The van der Waals surface area contributed by atoms with Crippen molar-refractivity contribution >= 4 is 81.1 Å². The Balaban J connectivity index is 1.19. The highest BCUT2D eigenvalue weighted by molar-refractivity contribution is 7.25. The summed E-state index contributed by atoms with van der Waals surface area (Å²) in [5.74, 6) is 0. The first-order valence-electron chi connectivity index (χ1n) is 18.8. The van der Waals surface area contributed by atoms with Crippen LogP contribution in [0.25, 0.3) is 80.7 Å². The highest BCUT2D eigenvalue weighted by atomic mass is 32.1.